The van der Waals surface area contributed by atoms with Gasteiger partial charge in [-0.3, -0.25) is 4.79 Å². The Morgan fingerprint density at radius 3 is 2.58 bits per heavy atom. The monoisotopic (exact) mass is 262 g/mol. The van der Waals surface area contributed by atoms with E-state index in [-0.39, 0.29) is 5.91 Å². The highest BCUT2D eigenvalue weighted by Gasteiger charge is 2.05. The quantitative estimate of drug-likeness (QED) is 0.781. The molecule has 0 saturated heterocycles. The number of hydrogen-bond donors (Lipinski definition) is 1. The number of carbonyl (C=O) groups excluding carboxylic acids is 1. The number of rotatable bonds is 8. The molecule has 1 aromatic rings. The molecular weight excluding hydrogens is 236 g/mol. The lowest BCUT2D eigenvalue weighted by molar-refractivity contribution is -0.121. The lowest BCUT2D eigenvalue weighted by Gasteiger charge is -2.16. The van der Waals surface area contributed by atoms with Crippen molar-refractivity contribution >= 4 is 5.91 Å². The zero-order valence-corrected chi connectivity index (χ0v) is 12.4. The highest BCUT2D eigenvalue weighted by atomic mass is 16.1. The van der Waals surface area contributed by atoms with Gasteiger partial charge in [-0.2, -0.15) is 0 Å². The molecule has 106 valence electrons. The van der Waals surface area contributed by atoms with Gasteiger partial charge in [-0.05, 0) is 24.9 Å². The van der Waals surface area contributed by atoms with Crippen LogP contribution in [0.2, 0.25) is 0 Å². The predicted octanol–water partition coefficient (Wildman–Crippen LogP) is 2.67. The van der Waals surface area contributed by atoms with E-state index in [1.54, 1.807) is 0 Å². The molecule has 1 N–H and O–H groups in total. The molecule has 3 heteroatoms. The van der Waals surface area contributed by atoms with Crippen molar-refractivity contribution in [3.8, 4) is 0 Å². The maximum absolute atomic E-state index is 11.6. The molecule has 0 radical (unpaired) electrons. The van der Waals surface area contributed by atoms with Crippen molar-refractivity contribution in [2.45, 2.75) is 33.2 Å². The molecule has 0 atom stereocenters. The van der Waals surface area contributed by atoms with Crippen LogP contribution >= 0.6 is 0 Å². The van der Waals surface area contributed by atoms with Crippen molar-refractivity contribution < 1.29 is 4.79 Å². The lowest BCUT2D eigenvalue weighted by atomic mass is 10.1. The van der Waals surface area contributed by atoms with Gasteiger partial charge >= 0.3 is 0 Å². The molecule has 0 unspecified atom stereocenters. The second kappa shape index (κ2) is 8.70. The average Bonchev–Trinajstić information content (AvgIpc) is 2.37. The van der Waals surface area contributed by atoms with Gasteiger partial charge in [-0.1, -0.05) is 44.2 Å². The van der Waals surface area contributed by atoms with Crippen molar-refractivity contribution in [2.24, 2.45) is 5.92 Å². The Hall–Kier alpha value is -1.35. The molecule has 0 fully saturated rings. The Bertz CT molecular complexity index is 362. The number of benzene rings is 1. The summed E-state index contributed by atoms with van der Waals surface area (Å²) >= 11 is 0. The molecule has 0 aliphatic carbocycles. The van der Waals surface area contributed by atoms with E-state index in [1.165, 1.54) is 5.56 Å². The molecule has 0 bridgehead atoms. The van der Waals surface area contributed by atoms with Gasteiger partial charge in [-0.25, -0.2) is 0 Å². The first-order valence-electron chi connectivity index (χ1n) is 7.07. The van der Waals surface area contributed by atoms with E-state index in [1.807, 2.05) is 25.2 Å². The first-order chi connectivity index (χ1) is 9.08. The van der Waals surface area contributed by atoms with Crippen LogP contribution in [0, 0.1) is 5.92 Å². The number of carbonyl (C=O) groups is 1. The third kappa shape index (κ3) is 7.62. The highest BCUT2D eigenvalue weighted by Crippen LogP contribution is 2.03. The van der Waals surface area contributed by atoms with Crippen molar-refractivity contribution in [1.82, 2.24) is 10.2 Å². The highest BCUT2D eigenvalue weighted by molar-refractivity contribution is 5.75. The Labute approximate surface area is 117 Å². The van der Waals surface area contributed by atoms with Crippen LogP contribution in [-0.2, 0) is 11.3 Å². The maximum atomic E-state index is 11.6. The van der Waals surface area contributed by atoms with E-state index in [0.717, 1.165) is 26.1 Å². The van der Waals surface area contributed by atoms with Gasteiger partial charge in [0, 0.05) is 26.1 Å². The van der Waals surface area contributed by atoms with Crippen LogP contribution in [-0.4, -0.2) is 30.9 Å². The fourth-order valence-electron chi connectivity index (χ4n) is 1.86. The Balaban J connectivity index is 2.16. The third-order valence-electron chi connectivity index (χ3n) is 3.06. The second-order valence-corrected chi connectivity index (χ2v) is 5.51. The molecule has 0 saturated carbocycles. The molecule has 0 spiro atoms. The zero-order chi connectivity index (χ0) is 14.1. The maximum Gasteiger partial charge on any atom is 0.221 e. The van der Waals surface area contributed by atoms with Gasteiger partial charge < -0.3 is 10.2 Å². The summed E-state index contributed by atoms with van der Waals surface area (Å²) in [5, 5.41) is 2.97. The number of hydrogen-bond acceptors (Lipinski definition) is 2. The molecule has 1 rings (SSSR count). The summed E-state index contributed by atoms with van der Waals surface area (Å²) in [6.45, 7) is 6.81. The minimum Gasteiger partial charge on any atom is -0.356 e. The molecule has 0 aromatic heterocycles. The standard InChI is InChI=1S/C16H26N2O/c1-14(2)9-11-17-16(19)10-12-18(3)13-15-7-5-4-6-8-15/h4-8,14H,9-13H2,1-3H3,(H,17,19). The van der Waals surface area contributed by atoms with Crippen LogP contribution in [0.1, 0.15) is 32.3 Å². The molecule has 0 aliphatic heterocycles. The van der Waals surface area contributed by atoms with E-state index >= 15 is 0 Å². The molecule has 19 heavy (non-hydrogen) atoms. The Morgan fingerprint density at radius 2 is 1.95 bits per heavy atom. The second-order valence-electron chi connectivity index (χ2n) is 5.51. The summed E-state index contributed by atoms with van der Waals surface area (Å²) in [5.74, 6) is 0.793. The van der Waals surface area contributed by atoms with Crippen molar-refractivity contribution in [2.75, 3.05) is 20.1 Å². The molecule has 1 aromatic carbocycles. The van der Waals surface area contributed by atoms with E-state index in [4.69, 9.17) is 0 Å². The largest absolute Gasteiger partial charge is 0.356 e. The summed E-state index contributed by atoms with van der Waals surface area (Å²) in [6, 6.07) is 10.3. The average molecular weight is 262 g/mol. The minimum atomic E-state index is 0.153. The molecule has 0 aliphatic rings. The smallest absolute Gasteiger partial charge is 0.221 e. The number of amides is 1. The summed E-state index contributed by atoms with van der Waals surface area (Å²) in [5.41, 5.74) is 1.28. The first-order valence-corrected chi connectivity index (χ1v) is 7.07. The van der Waals surface area contributed by atoms with Crippen LogP contribution in [0.3, 0.4) is 0 Å². The van der Waals surface area contributed by atoms with Gasteiger partial charge in [-0.15, -0.1) is 0 Å². The van der Waals surface area contributed by atoms with Gasteiger partial charge in [0.1, 0.15) is 0 Å². The summed E-state index contributed by atoms with van der Waals surface area (Å²) in [4.78, 5) is 13.8. The van der Waals surface area contributed by atoms with Crippen LogP contribution in [0.25, 0.3) is 0 Å². The summed E-state index contributed by atoms with van der Waals surface area (Å²) < 4.78 is 0. The van der Waals surface area contributed by atoms with Crippen molar-refractivity contribution in [3.63, 3.8) is 0 Å². The van der Waals surface area contributed by atoms with Gasteiger partial charge in [0.2, 0.25) is 5.91 Å². The lowest BCUT2D eigenvalue weighted by Crippen LogP contribution is -2.29. The van der Waals surface area contributed by atoms with Crippen molar-refractivity contribution in [3.05, 3.63) is 35.9 Å². The fraction of sp³-hybridized carbons (Fsp3) is 0.562. The first kappa shape index (κ1) is 15.7. The van der Waals surface area contributed by atoms with Crippen molar-refractivity contribution in [1.29, 1.82) is 0 Å². The predicted molar refractivity (Wildman–Crippen MR) is 79.9 cm³/mol. The SMILES string of the molecule is CC(C)CCNC(=O)CCN(C)Cc1ccccc1. The molecule has 1 amide bonds. The Kier molecular flexibility index (Phi) is 7.19. The van der Waals surface area contributed by atoms with Gasteiger partial charge in [0.25, 0.3) is 0 Å². The number of nitrogens with one attached hydrogen (secondary N) is 1. The van der Waals surface area contributed by atoms with Crippen LogP contribution in [0.15, 0.2) is 30.3 Å². The van der Waals surface area contributed by atoms with E-state index in [2.05, 4.69) is 36.2 Å². The third-order valence-corrected chi connectivity index (χ3v) is 3.06. The van der Waals surface area contributed by atoms with E-state index < -0.39 is 0 Å². The van der Waals surface area contributed by atoms with Gasteiger partial charge in [0.15, 0.2) is 0 Å². The molecule has 0 heterocycles. The zero-order valence-electron chi connectivity index (χ0n) is 12.4. The normalized spacial score (nSPS) is 11.0. The molecule has 3 nitrogen and oxygen atoms in total. The number of nitrogens with zero attached hydrogens (tertiary/aromatic N) is 1. The van der Waals surface area contributed by atoms with Gasteiger partial charge in [0.05, 0.1) is 0 Å². The van der Waals surface area contributed by atoms with Crippen LogP contribution in [0.5, 0.6) is 0 Å². The molecular formula is C16H26N2O. The summed E-state index contributed by atoms with van der Waals surface area (Å²) in [6.07, 6.45) is 1.62. The van der Waals surface area contributed by atoms with Crippen LogP contribution < -0.4 is 5.32 Å². The Morgan fingerprint density at radius 1 is 1.26 bits per heavy atom. The van der Waals surface area contributed by atoms with E-state index in [9.17, 15) is 4.79 Å². The van der Waals surface area contributed by atoms with E-state index in [0.29, 0.717) is 12.3 Å². The van der Waals surface area contributed by atoms with Crippen LogP contribution in [0.4, 0.5) is 0 Å². The topological polar surface area (TPSA) is 32.3 Å². The minimum absolute atomic E-state index is 0.153. The fourth-order valence-corrected chi connectivity index (χ4v) is 1.86. The summed E-state index contributed by atoms with van der Waals surface area (Å²) in [7, 11) is 2.05.